The van der Waals surface area contributed by atoms with Crippen LogP contribution in [0.4, 0.5) is 0 Å². The van der Waals surface area contributed by atoms with Crippen LogP contribution < -0.4 is 4.74 Å². The van der Waals surface area contributed by atoms with Crippen molar-refractivity contribution in [2.75, 3.05) is 13.1 Å². The van der Waals surface area contributed by atoms with Gasteiger partial charge in [0.2, 0.25) is 0 Å². The normalized spacial score (nSPS) is 25.5. The molecule has 4 rings (SSSR count). The summed E-state index contributed by atoms with van der Waals surface area (Å²) in [5.74, 6) is 1.78. The minimum atomic E-state index is 0.0354. The van der Waals surface area contributed by atoms with Crippen molar-refractivity contribution in [3.8, 4) is 5.75 Å². The molecule has 1 amide bonds. The molecule has 3 heterocycles. The zero-order valence-corrected chi connectivity index (χ0v) is 13.8. The van der Waals surface area contributed by atoms with Crippen LogP contribution in [0.1, 0.15) is 29.0 Å². The summed E-state index contributed by atoms with van der Waals surface area (Å²) in [6.45, 7) is 3.48. The van der Waals surface area contributed by atoms with Gasteiger partial charge in [0.25, 0.3) is 5.91 Å². The van der Waals surface area contributed by atoms with Crippen LogP contribution in [0.25, 0.3) is 0 Å². The fourth-order valence-electron chi connectivity index (χ4n) is 3.94. The van der Waals surface area contributed by atoms with Crippen LogP contribution in [0.5, 0.6) is 5.75 Å². The van der Waals surface area contributed by atoms with E-state index in [9.17, 15) is 4.79 Å². The van der Waals surface area contributed by atoms with Crippen molar-refractivity contribution in [3.63, 3.8) is 0 Å². The topological polar surface area (TPSA) is 55.3 Å². The van der Waals surface area contributed by atoms with Crippen molar-refractivity contribution in [2.24, 2.45) is 11.8 Å². The smallest absolute Gasteiger partial charge is 0.272 e. The first kappa shape index (κ1) is 15.1. The lowest BCUT2D eigenvalue weighted by Crippen LogP contribution is -2.33. The number of likely N-dealkylation sites (tertiary alicyclic amines) is 1. The average molecular weight is 323 g/mol. The number of hydrogen-bond acceptors (Lipinski definition) is 4. The fourth-order valence-corrected chi connectivity index (χ4v) is 3.94. The highest BCUT2D eigenvalue weighted by Crippen LogP contribution is 2.40. The summed E-state index contributed by atoms with van der Waals surface area (Å²) in [5, 5.41) is 0. The molecule has 0 bridgehead atoms. The number of pyridine rings is 2. The Kier molecular flexibility index (Phi) is 3.92. The van der Waals surface area contributed by atoms with E-state index in [4.69, 9.17) is 4.74 Å². The maximum absolute atomic E-state index is 12.7. The van der Waals surface area contributed by atoms with Crippen molar-refractivity contribution < 1.29 is 9.53 Å². The second-order valence-electron chi connectivity index (χ2n) is 6.72. The van der Waals surface area contributed by atoms with E-state index in [2.05, 4.69) is 9.97 Å². The fraction of sp³-hybridized carbons (Fsp3) is 0.421. The second kappa shape index (κ2) is 6.23. The highest BCUT2D eigenvalue weighted by atomic mass is 16.5. The first-order valence-electron chi connectivity index (χ1n) is 8.50. The number of carbonyl (C=O) groups is 1. The summed E-state index contributed by atoms with van der Waals surface area (Å²) in [4.78, 5) is 23.1. The molecule has 2 aromatic heterocycles. The van der Waals surface area contributed by atoms with Gasteiger partial charge in [-0.3, -0.25) is 9.78 Å². The van der Waals surface area contributed by atoms with Gasteiger partial charge in [0.1, 0.15) is 17.5 Å². The van der Waals surface area contributed by atoms with Crippen molar-refractivity contribution in [2.45, 2.75) is 25.9 Å². The van der Waals surface area contributed by atoms with Gasteiger partial charge in [0.15, 0.2) is 0 Å². The van der Waals surface area contributed by atoms with Gasteiger partial charge in [0.05, 0.1) is 6.20 Å². The average Bonchev–Trinajstić information content (AvgIpc) is 3.17. The van der Waals surface area contributed by atoms with E-state index in [1.807, 2.05) is 36.1 Å². The predicted octanol–water partition coefficient (Wildman–Crippen LogP) is 2.71. The number of aryl methyl sites for hydroxylation is 1. The van der Waals surface area contributed by atoms with Gasteiger partial charge in [-0.05, 0) is 49.9 Å². The first-order valence-corrected chi connectivity index (χ1v) is 8.50. The van der Waals surface area contributed by atoms with Crippen LogP contribution in [0.15, 0.2) is 42.7 Å². The maximum atomic E-state index is 12.7. The number of carbonyl (C=O) groups excluding carboxylic acids is 1. The molecule has 24 heavy (non-hydrogen) atoms. The Morgan fingerprint density at radius 2 is 2.12 bits per heavy atom. The molecule has 5 heteroatoms. The van der Waals surface area contributed by atoms with Gasteiger partial charge in [-0.1, -0.05) is 6.07 Å². The molecule has 124 valence electrons. The van der Waals surface area contributed by atoms with Crippen LogP contribution >= 0.6 is 0 Å². The molecule has 0 spiro atoms. The van der Waals surface area contributed by atoms with E-state index in [-0.39, 0.29) is 12.0 Å². The molecule has 2 fully saturated rings. The number of fused-ring (bicyclic) bond motifs is 1. The Hall–Kier alpha value is -2.43. The minimum absolute atomic E-state index is 0.0354. The van der Waals surface area contributed by atoms with Gasteiger partial charge >= 0.3 is 0 Å². The number of amides is 1. The van der Waals surface area contributed by atoms with Gasteiger partial charge < -0.3 is 9.64 Å². The lowest BCUT2D eigenvalue weighted by atomic mass is 9.99. The summed E-state index contributed by atoms with van der Waals surface area (Å²) in [6.07, 6.45) is 5.83. The molecule has 0 radical (unpaired) electrons. The third kappa shape index (κ3) is 2.86. The SMILES string of the molecule is Cc1cccc(C(=O)N2C[C@H]3CC[C@H](Oc4cccnc4)[C@H]3C2)n1. The van der Waals surface area contributed by atoms with Crippen molar-refractivity contribution in [1.29, 1.82) is 0 Å². The quantitative estimate of drug-likeness (QED) is 0.871. The van der Waals surface area contributed by atoms with Gasteiger partial charge in [-0.2, -0.15) is 0 Å². The highest BCUT2D eigenvalue weighted by Gasteiger charge is 2.45. The van der Waals surface area contributed by atoms with E-state index in [0.29, 0.717) is 17.5 Å². The molecule has 2 aromatic rings. The molecular formula is C19H21N3O2. The summed E-state index contributed by atoms with van der Waals surface area (Å²) < 4.78 is 6.13. The number of rotatable bonds is 3. The van der Waals surface area contributed by atoms with Crippen LogP contribution in [0.2, 0.25) is 0 Å². The Morgan fingerprint density at radius 1 is 1.21 bits per heavy atom. The molecule has 5 nitrogen and oxygen atoms in total. The number of hydrogen-bond donors (Lipinski definition) is 0. The summed E-state index contributed by atoms with van der Waals surface area (Å²) in [6, 6.07) is 9.42. The van der Waals surface area contributed by atoms with Crippen molar-refractivity contribution >= 4 is 5.91 Å². The Labute approximate surface area is 141 Å². The third-order valence-electron chi connectivity index (χ3n) is 5.11. The summed E-state index contributed by atoms with van der Waals surface area (Å²) in [5.41, 5.74) is 1.41. The zero-order chi connectivity index (χ0) is 16.5. The lowest BCUT2D eigenvalue weighted by molar-refractivity contribution is 0.0756. The molecule has 1 aliphatic heterocycles. The molecule has 0 aromatic carbocycles. The number of ether oxygens (including phenoxy) is 1. The van der Waals surface area contributed by atoms with Crippen LogP contribution in [-0.2, 0) is 0 Å². The highest BCUT2D eigenvalue weighted by molar-refractivity contribution is 5.92. The number of nitrogens with zero attached hydrogens (tertiary/aromatic N) is 3. The lowest BCUT2D eigenvalue weighted by Gasteiger charge is -2.21. The third-order valence-corrected chi connectivity index (χ3v) is 5.11. The van der Waals surface area contributed by atoms with E-state index >= 15 is 0 Å². The van der Waals surface area contributed by atoms with E-state index in [1.165, 1.54) is 0 Å². The summed E-state index contributed by atoms with van der Waals surface area (Å²) in [7, 11) is 0. The molecule has 1 aliphatic carbocycles. The Bertz CT molecular complexity index is 734. The van der Waals surface area contributed by atoms with Crippen LogP contribution in [0.3, 0.4) is 0 Å². The Balaban J connectivity index is 1.45. The molecule has 0 N–H and O–H groups in total. The van der Waals surface area contributed by atoms with E-state index < -0.39 is 0 Å². The molecule has 3 atom stereocenters. The predicted molar refractivity (Wildman–Crippen MR) is 89.7 cm³/mol. The Morgan fingerprint density at radius 3 is 2.92 bits per heavy atom. The molecular weight excluding hydrogens is 302 g/mol. The van der Waals surface area contributed by atoms with Gasteiger partial charge in [0, 0.05) is 30.9 Å². The van der Waals surface area contributed by atoms with Crippen LogP contribution in [0, 0.1) is 18.8 Å². The van der Waals surface area contributed by atoms with Crippen molar-refractivity contribution in [1.82, 2.24) is 14.9 Å². The monoisotopic (exact) mass is 323 g/mol. The summed E-state index contributed by atoms with van der Waals surface area (Å²) >= 11 is 0. The van der Waals surface area contributed by atoms with Gasteiger partial charge in [-0.25, -0.2) is 4.98 Å². The second-order valence-corrected chi connectivity index (χ2v) is 6.72. The van der Waals surface area contributed by atoms with Crippen molar-refractivity contribution in [3.05, 3.63) is 54.1 Å². The van der Waals surface area contributed by atoms with Gasteiger partial charge in [-0.15, -0.1) is 0 Å². The van der Waals surface area contributed by atoms with E-state index in [1.54, 1.807) is 18.5 Å². The largest absolute Gasteiger partial charge is 0.488 e. The minimum Gasteiger partial charge on any atom is -0.488 e. The zero-order valence-electron chi connectivity index (χ0n) is 13.8. The number of aromatic nitrogens is 2. The van der Waals surface area contributed by atoms with Crippen LogP contribution in [-0.4, -0.2) is 40.0 Å². The maximum Gasteiger partial charge on any atom is 0.272 e. The molecule has 2 aliphatic rings. The molecule has 0 unspecified atom stereocenters. The van der Waals surface area contributed by atoms with E-state index in [0.717, 1.165) is 37.4 Å². The molecule has 1 saturated heterocycles. The molecule has 1 saturated carbocycles. The standard InChI is InChI=1S/C19H21N3O2/c1-13-4-2-6-17(21-13)19(23)22-11-14-7-8-18(16(14)12-22)24-15-5-3-9-20-10-15/h2-6,9-10,14,16,18H,7-8,11-12H2,1H3/t14-,16+,18+/m1/s1. The first-order chi connectivity index (χ1) is 11.7.